The fraction of sp³-hybridized carbons (Fsp3) is 0.471. The van der Waals surface area contributed by atoms with Crippen LogP contribution in [0.1, 0.15) is 56.7 Å². The highest BCUT2D eigenvalue weighted by Gasteiger charge is 2.75. The molecule has 2 heterocycles. The van der Waals surface area contributed by atoms with E-state index in [0.717, 1.165) is 37.2 Å². The lowest BCUT2D eigenvalue weighted by atomic mass is 9.48. The van der Waals surface area contributed by atoms with E-state index in [0.29, 0.717) is 25.3 Å². The molecule has 0 radical (unpaired) electrons. The minimum absolute atomic E-state index is 0.00447. The summed E-state index contributed by atoms with van der Waals surface area (Å²) in [4.78, 5) is 31.2. The molecule has 5 atom stereocenters. The predicted molar refractivity (Wildman–Crippen MR) is 156 cm³/mol. The van der Waals surface area contributed by atoms with Gasteiger partial charge in [0.25, 0.3) is 0 Å². The van der Waals surface area contributed by atoms with E-state index in [1.807, 2.05) is 47.4 Å². The maximum Gasteiger partial charge on any atom is 0.303 e. The number of hydrogen-bond acceptors (Lipinski definition) is 5. The van der Waals surface area contributed by atoms with Gasteiger partial charge >= 0.3 is 5.97 Å². The van der Waals surface area contributed by atoms with Gasteiger partial charge in [-0.3, -0.25) is 14.5 Å². The Morgan fingerprint density at radius 3 is 2.70 bits per heavy atom. The Kier molecular flexibility index (Phi) is 6.86. The van der Waals surface area contributed by atoms with Gasteiger partial charge in [-0.15, -0.1) is 6.58 Å². The molecule has 6 nitrogen and oxygen atoms in total. The third-order valence-corrected chi connectivity index (χ3v) is 9.55. The van der Waals surface area contributed by atoms with E-state index in [9.17, 15) is 9.59 Å². The van der Waals surface area contributed by atoms with Crippen LogP contribution in [0.3, 0.4) is 0 Å². The summed E-state index contributed by atoms with van der Waals surface area (Å²) in [5.74, 6) is 0.920. The largest absolute Gasteiger partial charge is 0.487 e. The number of amides is 1. The van der Waals surface area contributed by atoms with Gasteiger partial charge in [-0.1, -0.05) is 62.4 Å². The fourth-order valence-corrected chi connectivity index (χ4v) is 8.32. The maximum absolute atomic E-state index is 13.9. The SMILES string of the molecule is C=CCN1CC[C@]23c4c5cccc4O[C@H]2[C@H](N(CC(C)C)C(=O)C=Cc2ccccc2)CC[C@@]3(OC(C)=O)[C@H]1C5. The molecule has 1 saturated carbocycles. The Hall–Kier alpha value is -3.38. The van der Waals surface area contributed by atoms with Crippen molar-refractivity contribution in [2.45, 2.75) is 75.7 Å². The van der Waals surface area contributed by atoms with Gasteiger partial charge in [0, 0.05) is 38.2 Å². The smallest absolute Gasteiger partial charge is 0.303 e. The lowest BCUT2D eigenvalue weighted by Crippen LogP contribution is -2.79. The van der Waals surface area contributed by atoms with E-state index in [4.69, 9.17) is 9.47 Å². The number of carbonyl (C=O) groups excluding carboxylic acids is 2. The number of rotatable bonds is 8. The van der Waals surface area contributed by atoms with Crippen molar-refractivity contribution in [2.75, 3.05) is 19.6 Å². The van der Waals surface area contributed by atoms with Crippen LogP contribution in [0.15, 0.2) is 67.3 Å². The number of likely N-dealkylation sites (tertiary alicyclic amines) is 1. The highest BCUT2D eigenvalue weighted by molar-refractivity contribution is 5.92. The summed E-state index contributed by atoms with van der Waals surface area (Å²) in [6.45, 7) is 12.1. The van der Waals surface area contributed by atoms with Gasteiger partial charge in [0.1, 0.15) is 17.5 Å². The van der Waals surface area contributed by atoms with Crippen molar-refractivity contribution in [3.05, 3.63) is 84.0 Å². The van der Waals surface area contributed by atoms with Crippen LogP contribution in [-0.4, -0.2) is 65.1 Å². The molecule has 2 aromatic rings. The summed E-state index contributed by atoms with van der Waals surface area (Å²) < 4.78 is 13.5. The van der Waals surface area contributed by atoms with Crippen molar-refractivity contribution in [3.8, 4) is 5.75 Å². The normalized spacial score (nSPS) is 30.1. The van der Waals surface area contributed by atoms with Gasteiger partial charge < -0.3 is 14.4 Å². The Balaban J connectivity index is 1.45. The van der Waals surface area contributed by atoms with Crippen LogP contribution in [0.4, 0.5) is 0 Å². The van der Waals surface area contributed by atoms with E-state index >= 15 is 0 Å². The Bertz CT molecular complexity index is 1340. The molecule has 2 bridgehead atoms. The van der Waals surface area contributed by atoms with Crippen molar-refractivity contribution in [1.29, 1.82) is 0 Å². The third-order valence-electron chi connectivity index (χ3n) is 9.55. The number of hydrogen-bond donors (Lipinski definition) is 0. The molecule has 1 spiro atoms. The van der Waals surface area contributed by atoms with Gasteiger partial charge in [-0.2, -0.15) is 0 Å². The molecule has 6 heteroatoms. The number of piperidine rings is 1. The monoisotopic (exact) mass is 540 g/mol. The van der Waals surface area contributed by atoms with Gasteiger partial charge in [0.2, 0.25) is 5.91 Å². The van der Waals surface area contributed by atoms with Crippen LogP contribution >= 0.6 is 0 Å². The highest BCUT2D eigenvalue weighted by Crippen LogP contribution is 2.65. The average molecular weight is 541 g/mol. The molecule has 2 aromatic carbocycles. The molecule has 1 amide bonds. The summed E-state index contributed by atoms with van der Waals surface area (Å²) in [7, 11) is 0. The molecule has 0 unspecified atom stereocenters. The van der Waals surface area contributed by atoms with Crippen molar-refractivity contribution in [3.63, 3.8) is 0 Å². The second-order valence-electron chi connectivity index (χ2n) is 12.3. The third kappa shape index (κ3) is 4.02. The van der Waals surface area contributed by atoms with Gasteiger partial charge in [0.15, 0.2) is 0 Å². The molecular weight excluding hydrogens is 500 g/mol. The Labute approximate surface area is 237 Å². The van der Waals surface area contributed by atoms with Crippen LogP contribution in [0.2, 0.25) is 0 Å². The molecule has 2 fully saturated rings. The van der Waals surface area contributed by atoms with Crippen molar-refractivity contribution >= 4 is 18.0 Å². The van der Waals surface area contributed by atoms with Crippen molar-refractivity contribution in [2.24, 2.45) is 5.92 Å². The standard InChI is InChI=1S/C34H40N2O4/c1-5-19-35-20-18-33-31-26-12-9-13-28(31)39-32(33)27(16-17-34(33,29(35)21-26)40-24(4)37)36(22-23(2)3)30(38)15-14-25-10-7-6-8-11-25/h5-15,23,27,29,32H,1,16-22H2,2-4H3/t27-,29-,32+,33+,34-/m1/s1. The van der Waals surface area contributed by atoms with E-state index in [1.54, 1.807) is 6.08 Å². The van der Waals surface area contributed by atoms with E-state index in [-0.39, 0.29) is 30.1 Å². The zero-order chi connectivity index (χ0) is 28.1. The molecule has 0 aromatic heterocycles. The van der Waals surface area contributed by atoms with Gasteiger partial charge in [-0.25, -0.2) is 0 Å². The van der Waals surface area contributed by atoms with E-state index < -0.39 is 11.0 Å². The second-order valence-corrected chi connectivity index (χ2v) is 12.3. The lowest BCUT2D eigenvalue weighted by molar-refractivity contribution is -0.223. The molecule has 4 aliphatic rings. The quantitative estimate of drug-likeness (QED) is 0.263. The predicted octanol–water partition coefficient (Wildman–Crippen LogP) is 5.16. The van der Waals surface area contributed by atoms with Gasteiger partial charge in [0.05, 0.1) is 17.5 Å². The molecule has 1 saturated heterocycles. The van der Waals surface area contributed by atoms with Crippen LogP contribution in [0, 0.1) is 5.92 Å². The van der Waals surface area contributed by atoms with Crippen LogP contribution in [0.5, 0.6) is 5.75 Å². The van der Waals surface area contributed by atoms with Crippen LogP contribution in [-0.2, 0) is 26.2 Å². The zero-order valence-electron chi connectivity index (χ0n) is 23.8. The first kappa shape index (κ1) is 26.8. The molecular formula is C34H40N2O4. The molecule has 210 valence electrons. The molecule has 2 aliphatic heterocycles. The average Bonchev–Trinajstić information content (AvgIpc) is 3.27. The summed E-state index contributed by atoms with van der Waals surface area (Å²) in [5.41, 5.74) is 2.25. The number of nitrogens with zero attached hydrogens (tertiary/aromatic N) is 2. The Morgan fingerprint density at radius 2 is 1.98 bits per heavy atom. The fourth-order valence-electron chi connectivity index (χ4n) is 8.32. The van der Waals surface area contributed by atoms with E-state index in [1.165, 1.54) is 18.1 Å². The first-order chi connectivity index (χ1) is 19.3. The zero-order valence-corrected chi connectivity index (χ0v) is 23.8. The molecule has 6 rings (SSSR count). The minimum Gasteiger partial charge on any atom is -0.487 e. The summed E-state index contributed by atoms with van der Waals surface area (Å²) in [6, 6.07) is 16.2. The van der Waals surface area contributed by atoms with E-state index in [2.05, 4.69) is 43.5 Å². The summed E-state index contributed by atoms with van der Waals surface area (Å²) >= 11 is 0. The Morgan fingerprint density at radius 1 is 1.18 bits per heavy atom. The second kappa shape index (κ2) is 10.2. The summed E-state index contributed by atoms with van der Waals surface area (Å²) in [5, 5.41) is 0. The topological polar surface area (TPSA) is 59.1 Å². The first-order valence-electron chi connectivity index (χ1n) is 14.7. The number of ether oxygens (including phenoxy) is 2. The number of carbonyl (C=O) groups is 2. The summed E-state index contributed by atoms with van der Waals surface area (Å²) in [6.07, 6.45) is 8.26. The van der Waals surface area contributed by atoms with Gasteiger partial charge in [-0.05, 0) is 54.9 Å². The molecule has 0 N–H and O–H groups in total. The minimum atomic E-state index is -0.715. The first-order valence-corrected chi connectivity index (χ1v) is 14.7. The number of benzene rings is 2. The molecule has 2 aliphatic carbocycles. The van der Waals surface area contributed by atoms with Crippen molar-refractivity contribution < 1.29 is 19.1 Å². The van der Waals surface area contributed by atoms with Crippen LogP contribution in [0.25, 0.3) is 6.08 Å². The highest BCUT2D eigenvalue weighted by atomic mass is 16.6. The lowest BCUT2D eigenvalue weighted by Gasteiger charge is -2.65. The molecule has 40 heavy (non-hydrogen) atoms. The number of esters is 1. The van der Waals surface area contributed by atoms with Crippen molar-refractivity contribution in [1.82, 2.24) is 9.80 Å². The maximum atomic E-state index is 13.9. The van der Waals surface area contributed by atoms with Crippen LogP contribution < -0.4 is 4.74 Å².